The van der Waals surface area contributed by atoms with Crippen molar-refractivity contribution in [3.8, 4) is 11.5 Å². The minimum absolute atomic E-state index is 0.0327. The number of hydrogen-bond donors (Lipinski definition) is 5. The zero-order valence-corrected chi connectivity index (χ0v) is 19.4. The van der Waals surface area contributed by atoms with Gasteiger partial charge in [0.15, 0.2) is 0 Å². The van der Waals surface area contributed by atoms with Gasteiger partial charge in [-0.3, -0.25) is 4.79 Å². The monoisotopic (exact) mass is 457 g/mol. The number of carbonyl (C=O) groups excluding carboxylic acids is 1. The number of aromatic hydroxyl groups is 2. The lowest BCUT2D eigenvalue weighted by Gasteiger charge is -2.24. The van der Waals surface area contributed by atoms with Crippen molar-refractivity contribution < 1.29 is 30.0 Å². The van der Waals surface area contributed by atoms with E-state index < -0.39 is 18.3 Å². The molecule has 0 radical (unpaired) electrons. The van der Waals surface area contributed by atoms with Crippen molar-refractivity contribution in [3.63, 3.8) is 0 Å². The Morgan fingerprint density at radius 3 is 2.55 bits per heavy atom. The lowest BCUT2D eigenvalue weighted by molar-refractivity contribution is -0.117. The van der Waals surface area contributed by atoms with Gasteiger partial charge in [-0.05, 0) is 43.4 Å². The third kappa shape index (κ3) is 8.20. The molecule has 180 valence electrons. The zero-order valence-electron chi connectivity index (χ0n) is 19.4. The number of hydrogen-bond acceptors (Lipinski definition) is 6. The fraction of sp³-hybridized carbons (Fsp3) is 0.423. The average molecular weight is 458 g/mol. The molecule has 1 aliphatic rings. The van der Waals surface area contributed by atoms with E-state index in [4.69, 9.17) is 4.74 Å². The molecule has 1 amide bonds. The van der Waals surface area contributed by atoms with Crippen LogP contribution in [0.3, 0.4) is 0 Å². The van der Waals surface area contributed by atoms with Crippen LogP contribution < -0.4 is 5.32 Å². The first kappa shape index (κ1) is 26.4. The molecule has 33 heavy (non-hydrogen) atoms. The van der Waals surface area contributed by atoms with Gasteiger partial charge in [0.25, 0.3) is 0 Å². The molecule has 4 atom stereocenters. The van der Waals surface area contributed by atoms with Crippen molar-refractivity contribution in [1.29, 1.82) is 0 Å². The van der Waals surface area contributed by atoms with Crippen molar-refractivity contribution in [2.24, 2.45) is 5.92 Å². The van der Waals surface area contributed by atoms with E-state index in [1.807, 2.05) is 18.2 Å². The summed E-state index contributed by atoms with van der Waals surface area (Å²) < 4.78 is 5.33. The van der Waals surface area contributed by atoms with Crippen molar-refractivity contribution >= 4 is 11.6 Å². The number of anilines is 1. The quantitative estimate of drug-likeness (QED) is 0.249. The maximum atomic E-state index is 12.5. The normalized spacial score (nSPS) is 30.2. The number of aliphatic hydroxyl groups excluding tert-OH is 2. The highest BCUT2D eigenvalue weighted by molar-refractivity contribution is 5.93. The maximum absolute atomic E-state index is 12.5. The second-order valence-electron chi connectivity index (χ2n) is 8.32. The molecule has 7 nitrogen and oxygen atoms in total. The topological polar surface area (TPSA) is 119 Å². The van der Waals surface area contributed by atoms with Crippen molar-refractivity contribution in [2.75, 3.05) is 12.4 Å². The van der Waals surface area contributed by atoms with E-state index in [0.717, 1.165) is 5.57 Å². The van der Waals surface area contributed by atoms with Crippen LogP contribution in [0.4, 0.5) is 5.69 Å². The van der Waals surface area contributed by atoms with Crippen LogP contribution in [0.2, 0.25) is 0 Å². The first-order valence-corrected chi connectivity index (χ1v) is 11.1. The maximum Gasteiger partial charge on any atom is 0.227 e. The number of benzene rings is 1. The predicted molar refractivity (Wildman–Crippen MR) is 129 cm³/mol. The molecular formula is C26H35NO6. The van der Waals surface area contributed by atoms with Crippen LogP contribution in [0.15, 0.2) is 60.2 Å². The molecule has 5 N–H and O–H groups in total. The smallest absolute Gasteiger partial charge is 0.227 e. The van der Waals surface area contributed by atoms with Crippen LogP contribution >= 0.6 is 0 Å². The highest BCUT2D eigenvalue weighted by Gasteiger charge is 2.23. The fourth-order valence-corrected chi connectivity index (χ4v) is 3.61. The van der Waals surface area contributed by atoms with E-state index in [-0.39, 0.29) is 35.4 Å². The van der Waals surface area contributed by atoms with Crippen molar-refractivity contribution in [2.45, 2.75) is 57.8 Å². The SMILES string of the molecule is CO[C@H]1/C=C/C=C/C=C/C[C@H](O)[C@H](C)[C@@H](O)/C(C)=C\CCc2cc(O)cc(c2O)NC(=O)C1. The Hall–Kier alpha value is -2.87. The molecule has 1 aromatic carbocycles. The van der Waals surface area contributed by atoms with Gasteiger partial charge in [-0.1, -0.05) is 49.5 Å². The van der Waals surface area contributed by atoms with Gasteiger partial charge in [-0.2, -0.15) is 0 Å². The summed E-state index contributed by atoms with van der Waals surface area (Å²) in [5.74, 6) is -0.909. The van der Waals surface area contributed by atoms with Gasteiger partial charge in [-0.25, -0.2) is 0 Å². The lowest BCUT2D eigenvalue weighted by Crippen LogP contribution is -2.30. The Labute approximate surface area is 195 Å². The molecule has 0 unspecified atom stereocenters. The molecule has 0 fully saturated rings. The summed E-state index contributed by atoms with van der Waals surface area (Å²) >= 11 is 0. The Bertz CT molecular complexity index is 918. The first-order valence-electron chi connectivity index (χ1n) is 11.1. The number of amides is 1. The van der Waals surface area contributed by atoms with E-state index in [2.05, 4.69) is 5.32 Å². The summed E-state index contributed by atoms with van der Waals surface area (Å²) in [6, 6.07) is 2.75. The third-order valence-electron chi connectivity index (χ3n) is 5.76. The molecular weight excluding hydrogens is 422 g/mol. The summed E-state index contributed by atoms with van der Waals surface area (Å²) in [5.41, 5.74) is 1.32. The summed E-state index contributed by atoms with van der Waals surface area (Å²) in [4.78, 5) is 12.5. The summed E-state index contributed by atoms with van der Waals surface area (Å²) in [7, 11) is 1.50. The largest absolute Gasteiger partial charge is 0.508 e. The number of methoxy groups -OCH3 is 1. The molecule has 1 aromatic rings. The van der Waals surface area contributed by atoms with E-state index in [9.17, 15) is 25.2 Å². The van der Waals surface area contributed by atoms with Gasteiger partial charge in [0.2, 0.25) is 5.91 Å². The number of rotatable bonds is 1. The van der Waals surface area contributed by atoms with E-state index in [1.54, 1.807) is 38.2 Å². The lowest BCUT2D eigenvalue weighted by atomic mass is 9.90. The summed E-state index contributed by atoms with van der Waals surface area (Å²) in [6.45, 7) is 3.60. The highest BCUT2D eigenvalue weighted by atomic mass is 16.5. The van der Waals surface area contributed by atoms with Gasteiger partial charge in [0.05, 0.1) is 30.4 Å². The average Bonchev–Trinajstić information content (AvgIpc) is 2.78. The number of nitrogens with one attached hydrogen (secondary N) is 1. The van der Waals surface area contributed by atoms with Crippen LogP contribution in [0.5, 0.6) is 11.5 Å². The molecule has 7 heteroatoms. The molecule has 1 heterocycles. The Morgan fingerprint density at radius 1 is 1.09 bits per heavy atom. The molecule has 0 saturated carbocycles. The van der Waals surface area contributed by atoms with Crippen LogP contribution in [0.25, 0.3) is 0 Å². The second-order valence-corrected chi connectivity index (χ2v) is 8.32. The van der Waals surface area contributed by atoms with Gasteiger partial charge in [0.1, 0.15) is 11.5 Å². The number of aliphatic hydroxyl groups is 2. The van der Waals surface area contributed by atoms with Crippen LogP contribution in [-0.2, 0) is 16.0 Å². The second kappa shape index (κ2) is 13.0. The number of carbonyl (C=O) groups is 1. The molecule has 0 aliphatic carbocycles. The summed E-state index contributed by atoms with van der Waals surface area (Å²) in [5, 5.41) is 44.3. The number of phenolic OH excluding ortho intramolecular Hbond substituents is 2. The molecule has 0 spiro atoms. The summed E-state index contributed by atoms with van der Waals surface area (Å²) in [6.07, 6.45) is 11.9. The van der Waals surface area contributed by atoms with Gasteiger partial charge < -0.3 is 30.5 Å². The van der Waals surface area contributed by atoms with Crippen LogP contribution in [0, 0.1) is 5.92 Å². The van der Waals surface area contributed by atoms with Crippen molar-refractivity contribution in [1.82, 2.24) is 0 Å². The third-order valence-corrected chi connectivity index (χ3v) is 5.76. The number of phenols is 2. The number of allylic oxidation sites excluding steroid dienone is 5. The first-order chi connectivity index (χ1) is 15.7. The predicted octanol–water partition coefficient (Wildman–Crippen LogP) is 3.75. The molecule has 0 saturated heterocycles. The standard InChI is InChI=1S/C26H35NO6/c1-17-10-9-11-19-14-20(28)15-22(26(19)32)27-24(30)16-21(33-3)12-7-5-4-6-8-13-23(29)18(2)25(17)31/h4-8,10,12,14-15,18,21,23,25,28-29,31-32H,9,11,13,16H2,1-3H3,(H,27,30)/b5-4+,8-6+,12-7+,17-10-/t18-,21-,23-,25-/m0/s1. The van der Waals surface area contributed by atoms with E-state index in [1.165, 1.54) is 19.2 Å². The van der Waals surface area contributed by atoms with Gasteiger partial charge in [0, 0.05) is 19.1 Å². The van der Waals surface area contributed by atoms with Crippen LogP contribution in [-0.4, -0.2) is 51.8 Å². The highest BCUT2D eigenvalue weighted by Crippen LogP contribution is 2.33. The molecule has 0 aromatic heterocycles. The Morgan fingerprint density at radius 2 is 1.82 bits per heavy atom. The van der Waals surface area contributed by atoms with Gasteiger partial charge in [-0.15, -0.1) is 0 Å². The Balaban J connectivity index is 2.32. The van der Waals surface area contributed by atoms with Crippen molar-refractivity contribution in [3.05, 3.63) is 65.8 Å². The minimum Gasteiger partial charge on any atom is -0.508 e. The fourth-order valence-electron chi connectivity index (χ4n) is 3.61. The van der Waals surface area contributed by atoms with Crippen LogP contribution in [0.1, 0.15) is 38.7 Å². The molecule has 2 bridgehead atoms. The van der Waals surface area contributed by atoms with Gasteiger partial charge >= 0.3 is 0 Å². The van der Waals surface area contributed by atoms with E-state index >= 15 is 0 Å². The molecule has 1 aliphatic heterocycles. The Kier molecular flexibility index (Phi) is 10.4. The number of fused-ring (bicyclic) bond motifs is 2. The number of ether oxygens (including phenoxy) is 1. The molecule has 2 rings (SSSR count). The minimum atomic E-state index is -0.806. The zero-order chi connectivity index (χ0) is 24.4. The number of aryl methyl sites for hydroxylation is 1. The van der Waals surface area contributed by atoms with E-state index in [0.29, 0.717) is 24.8 Å².